The molecule has 0 heterocycles. The molecule has 0 bridgehead atoms. The van der Waals surface area contributed by atoms with Crippen LogP contribution in [0.5, 0.6) is 0 Å². The Bertz CT molecular complexity index is 120. The van der Waals surface area contributed by atoms with E-state index in [1.807, 2.05) is 0 Å². The number of carboxylic acid groups (broad SMARTS) is 3. The van der Waals surface area contributed by atoms with E-state index in [-0.39, 0.29) is 89.1 Å². The molecule has 72 valence electrons. The van der Waals surface area contributed by atoms with Crippen molar-refractivity contribution in [2.45, 2.75) is 20.8 Å². The molecule has 0 rings (SSSR count). The van der Waals surface area contributed by atoms with Gasteiger partial charge in [0.15, 0.2) is 0 Å². The molecule has 0 saturated heterocycles. The van der Waals surface area contributed by atoms with Gasteiger partial charge in [-0.2, -0.15) is 0 Å². The Morgan fingerprint density at radius 1 is 0.714 bits per heavy atom. The molecule has 0 aromatic rings. The molecule has 0 unspecified atom stereocenters. The fourth-order valence-corrected chi connectivity index (χ4v) is 0. The van der Waals surface area contributed by atoms with Crippen LogP contribution in [0.1, 0.15) is 20.8 Å². The first-order valence-electron chi connectivity index (χ1n) is 2.72. The van der Waals surface area contributed by atoms with Gasteiger partial charge in [0.1, 0.15) is 0 Å². The standard InChI is InChI=1S/3C2H4O2.Ca.K/c3*1-2(3)4;;/h3*1H3,(H,3,4);;/q;;;+2;+1/p-3. The van der Waals surface area contributed by atoms with Crippen molar-refractivity contribution in [3.05, 3.63) is 0 Å². The first-order chi connectivity index (χ1) is 5.20. The maximum absolute atomic E-state index is 8.89. The zero-order valence-electron chi connectivity index (χ0n) is 8.66. The van der Waals surface area contributed by atoms with Crippen LogP contribution < -0.4 is 66.7 Å². The SMILES string of the molecule is CC(=O)[O-].CC(=O)[O-].CC(=O)[O-].[Ca+2].[K+]. The number of carboxylic acids is 3. The van der Waals surface area contributed by atoms with E-state index >= 15 is 0 Å². The minimum atomic E-state index is -1.08. The Labute approximate surface area is 154 Å². The van der Waals surface area contributed by atoms with Crippen LogP contribution in [0.15, 0.2) is 0 Å². The number of carbonyl (C=O) groups is 3. The Morgan fingerprint density at radius 3 is 0.714 bits per heavy atom. The summed E-state index contributed by atoms with van der Waals surface area (Å²) in [4.78, 5) is 26.7. The Morgan fingerprint density at radius 2 is 0.714 bits per heavy atom. The summed E-state index contributed by atoms with van der Waals surface area (Å²) in [5.41, 5.74) is 0. The van der Waals surface area contributed by atoms with Crippen LogP contribution in [0, 0.1) is 0 Å². The van der Waals surface area contributed by atoms with E-state index in [9.17, 15) is 0 Å². The van der Waals surface area contributed by atoms with Crippen LogP contribution in [-0.4, -0.2) is 55.6 Å². The van der Waals surface area contributed by atoms with Crippen molar-refractivity contribution < 1.29 is 81.1 Å². The van der Waals surface area contributed by atoms with Gasteiger partial charge < -0.3 is 29.7 Å². The molecular weight excluding hydrogens is 247 g/mol. The molecule has 6 nitrogen and oxygen atoms in total. The van der Waals surface area contributed by atoms with Gasteiger partial charge in [0.2, 0.25) is 0 Å². The van der Waals surface area contributed by atoms with Gasteiger partial charge in [0, 0.05) is 17.9 Å². The average molecular weight is 256 g/mol. The molecule has 0 amide bonds. The number of carbonyl (C=O) groups excluding carboxylic acids is 3. The quantitative estimate of drug-likeness (QED) is 0.397. The van der Waals surface area contributed by atoms with Crippen molar-refractivity contribution in [2.24, 2.45) is 0 Å². The van der Waals surface area contributed by atoms with E-state index in [2.05, 4.69) is 0 Å². The summed E-state index contributed by atoms with van der Waals surface area (Å²) in [6.07, 6.45) is 0. The second-order valence-electron chi connectivity index (χ2n) is 1.47. The summed E-state index contributed by atoms with van der Waals surface area (Å²) in [6.45, 7) is 2.92. The summed E-state index contributed by atoms with van der Waals surface area (Å²) in [5.74, 6) is -3.25. The van der Waals surface area contributed by atoms with E-state index in [1.165, 1.54) is 0 Å². The van der Waals surface area contributed by atoms with Crippen molar-refractivity contribution in [1.82, 2.24) is 0 Å². The molecule has 0 aliphatic carbocycles. The Hall–Kier alpha value is 1.31. The predicted molar refractivity (Wildman–Crippen MR) is 37.8 cm³/mol. The van der Waals surface area contributed by atoms with Crippen molar-refractivity contribution in [3.8, 4) is 0 Å². The zero-order valence-corrected chi connectivity index (χ0v) is 14.0. The van der Waals surface area contributed by atoms with Gasteiger partial charge in [-0.05, 0) is 20.8 Å². The fourth-order valence-electron chi connectivity index (χ4n) is 0. The third kappa shape index (κ3) is 1180. The molecule has 14 heavy (non-hydrogen) atoms. The minimum Gasteiger partial charge on any atom is -0.550 e. The van der Waals surface area contributed by atoms with Crippen LogP contribution in [0.3, 0.4) is 0 Å². The monoisotopic (exact) mass is 256 g/mol. The van der Waals surface area contributed by atoms with E-state index in [1.54, 1.807) is 0 Å². The normalized spacial score (nSPS) is 5.36. The molecular formula is C6H9CaKO6. The smallest absolute Gasteiger partial charge is 0.550 e. The summed E-state index contributed by atoms with van der Waals surface area (Å²) < 4.78 is 0. The molecule has 0 aromatic heterocycles. The third-order valence-corrected chi connectivity index (χ3v) is 0. The molecule has 0 aliphatic rings. The number of hydrogen-bond donors (Lipinski definition) is 0. The maximum atomic E-state index is 8.89. The average Bonchev–Trinajstić information content (AvgIpc) is 1.54. The molecule has 0 aliphatic heterocycles. The number of rotatable bonds is 0. The molecule has 0 spiro atoms. The van der Waals surface area contributed by atoms with E-state index in [4.69, 9.17) is 29.7 Å². The summed E-state index contributed by atoms with van der Waals surface area (Å²) in [7, 11) is 0. The Balaban J connectivity index is -0.0000000270. The predicted octanol–water partition coefficient (Wildman–Crippen LogP) is -7.11. The van der Waals surface area contributed by atoms with Gasteiger partial charge in [-0.1, -0.05) is 0 Å². The largest absolute Gasteiger partial charge is 2.00 e. The van der Waals surface area contributed by atoms with Gasteiger partial charge >= 0.3 is 89.1 Å². The maximum Gasteiger partial charge on any atom is 2.00 e. The van der Waals surface area contributed by atoms with Gasteiger partial charge in [-0.15, -0.1) is 0 Å². The first kappa shape index (κ1) is 29.5. The van der Waals surface area contributed by atoms with Crippen molar-refractivity contribution in [2.75, 3.05) is 0 Å². The minimum absolute atomic E-state index is 0. The van der Waals surface area contributed by atoms with E-state index in [0.717, 1.165) is 20.8 Å². The topological polar surface area (TPSA) is 120 Å². The molecule has 0 fully saturated rings. The first-order valence-corrected chi connectivity index (χ1v) is 2.72. The van der Waals surface area contributed by atoms with Crippen LogP contribution in [-0.2, 0) is 14.4 Å². The van der Waals surface area contributed by atoms with Crippen molar-refractivity contribution >= 4 is 55.6 Å². The molecule has 0 aromatic carbocycles. The number of aliphatic carboxylic acids is 3. The van der Waals surface area contributed by atoms with Crippen LogP contribution in [0.2, 0.25) is 0 Å². The second-order valence-corrected chi connectivity index (χ2v) is 1.47. The zero-order chi connectivity index (χ0) is 10.7. The van der Waals surface area contributed by atoms with Gasteiger partial charge in [0.05, 0.1) is 0 Å². The van der Waals surface area contributed by atoms with Crippen LogP contribution >= 0.6 is 0 Å². The van der Waals surface area contributed by atoms with Crippen LogP contribution in [0.25, 0.3) is 0 Å². The van der Waals surface area contributed by atoms with Crippen LogP contribution in [0.4, 0.5) is 0 Å². The van der Waals surface area contributed by atoms with Crippen molar-refractivity contribution in [3.63, 3.8) is 0 Å². The van der Waals surface area contributed by atoms with Gasteiger partial charge in [0.25, 0.3) is 0 Å². The third-order valence-electron chi connectivity index (χ3n) is 0. The van der Waals surface area contributed by atoms with Crippen molar-refractivity contribution in [1.29, 1.82) is 0 Å². The summed E-state index contributed by atoms with van der Waals surface area (Å²) in [5, 5.41) is 26.7. The molecule has 8 heteroatoms. The van der Waals surface area contributed by atoms with Gasteiger partial charge in [-0.3, -0.25) is 0 Å². The van der Waals surface area contributed by atoms with E-state index < -0.39 is 17.9 Å². The molecule has 0 radical (unpaired) electrons. The molecule has 0 atom stereocenters. The Kier molecular flexibility index (Phi) is 50.2. The molecule has 0 saturated carbocycles. The second kappa shape index (κ2) is 23.8. The summed E-state index contributed by atoms with van der Waals surface area (Å²) >= 11 is 0. The summed E-state index contributed by atoms with van der Waals surface area (Å²) in [6, 6.07) is 0. The fraction of sp³-hybridized carbons (Fsp3) is 0.500. The van der Waals surface area contributed by atoms with Gasteiger partial charge in [-0.25, -0.2) is 0 Å². The number of hydrogen-bond acceptors (Lipinski definition) is 6. The molecule has 0 N–H and O–H groups in total. The van der Waals surface area contributed by atoms with E-state index in [0.29, 0.717) is 0 Å².